The fourth-order valence-corrected chi connectivity index (χ4v) is 6.52. The molecule has 3 heteroatoms. The van der Waals surface area contributed by atoms with E-state index in [-0.39, 0.29) is 20.1 Å². The summed E-state index contributed by atoms with van der Waals surface area (Å²) < 4.78 is 1.13. The van der Waals surface area contributed by atoms with Crippen LogP contribution in [0.4, 0.5) is 0 Å². The van der Waals surface area contributed by atoms with Crippen molar-refractivity contribution in [3.8, 4) is 0 Å². The number of hydrogen-bond donors (Lipinski definition) is 0. The van der Waals surface area contributed by atoms with Crippen molar-refractivity contribution in [1.82, 2.24) is 4.98 Å². The minimum atomic E-state index is 0. The van der Waals surface area contributed by atoms with E-state index < -0.39 is 0 Å². The number of fused-ring (bicyclic) bond motifs is 3. The maximum absolute atomic E-state index is 4.95. The molecule has 2 fully saturated rings. The number of benzene rings is 2. The Morgan fingerprint density at radius 3 is 2.44 bits per heavy atom. The zero-order valence-electron chi connectivity index (χ0n) is 13.9. The van der Waals surface area contributed by atoms with Gasteiger partial charge < -0.3 is 4.98 Å². The van der Waals surface area contributed by atoms with Gasteiger partial charge >= 0.3 is 0 Å². The van der Waals surface area contributed by atoms with E-state index in [1.807, 2.05) is 6.07 Å². The van der Waals surface area contributed by atoms with Gasteiger partial charge in [0.15, 0.2) is 0 Å². The monoisotopic (exact) mass is 569 g/mol. The summed E-state index contributed by atoms with van der Waals surface area (Å²) in [5.41, 5.74) is 4.37. The van der Waals surface area contributed by atoms with Gasteiger partial charge in [-0.1, -0.05) is 37.9 Å². The van der Waals surface area contributed by atoms with Gasteiger partial charge in [0, 0.05) is 26.3 Å². The summed E-state index contributed by atoms with van der Waals surface area (Å²) in [5, 5.41) is 3.78. The third-order valence-corrected chi connectivity index (χ3v) is 7.50. The molecular weight excluding hydrogens is 550 g/mol. The van der Waals surface area contributed by atoms with Crippen LogP contribution in [0.3, 0.4) is 0 Å². The summed E-state index contributed by atoms with van der Waals surface area (Å²) in [6.07, 6.45) is 9.31. The standard InChI is InChI=1S/C22H19BrN.Ir/c23-20-3-1-2-17-16(20)4-5-18-21-15-9-12-6-13(10-15)8-14(7-12)19(21)11-24-22(17)18;/h1,3-5,11-15H,6-10H2;/q-1;. The van der Waals surface area contributed by atoms with Gasteiger partial charge in [-0.25, -0.2) is 0 Å². The van der Waals surface area contributed by atoms with Crippen LogP contribution in [0, 0.1) is 17.9 Å². The van der Waals surface area contributed by atoms with Crippen LogP contribution in [0.15, 0.2) is 34.9 Å². The smallest absolute Gasteiger partial charge is 0.0199 e. The molecule has 7 rings (SSSR count). The summed E-state index contributed by atoms with van der Waals surface area (Å²) in [4.78, 5) is 4.95. The Kier molecular flexibility index (Phi) is 3.86. The Balaban J connectivity index is 0.00000140. The molecule has 0 N–H and O–H groups in total. The first-order valence-electron chi connectivity index (χ1n) is 9.19. The second kappa shape index (κ2) is 5.87. The molecule has 0 amide bonds. The van der Waals surface area contributed by atoms with Crippen molar-refractivity contribution >= 4 is 37.6 Å². The Hall–Kier alpha value is -0.761. The third-order valence-electron chi connectivity index (χ3n) is 6.81. The number of hydrogen-bond acceptors (Lipinski definition) is 1. The van der Waals surface area contributed by atoms with Gasteiger partial charge in [-0.05, 0) is 77.8 Å². The molecule has 2 aromatic carbocycles. The number of pyridine rings is 1. The van der Waals surface area contributed by atoms with Crippen LogP contribution in [-0.4, -0.2) is 4.98 Å². The molecule has 1 nitrogen and oxygen atoms in total. The molecule has 0 spiro atoms. The van der Waals surface area contributed by atoms with Gasteiger partial charge in [0.1, 0.15) is 0 Å². The molecule has 0 aliphatic heterocycles. The Bertz CT molecular complexity index is 984. The molecule has 2 unspecified atom stereocenters. The minimum absolute atomic E-state index is 0. The van der Waals surface area contributed by atoms with Crippen molar-refractivity contribution in [2.75, 3.05) is 0 Å². The van der Waals surface area contributed by atoms with Gasteiger partial charge in [-0.15, -0.1) is 23.6 Å². The molecule has 3 aromatic rings. The van der Waals surface area contributed by atoms with Crippen LogP contribution >= 0.6 is 15.9 Å². The average molecular weight is 570 g/mol. The maximum Gasteiger partial charge on any atom is 0.0199 e. The molecule has 1 heterocycles. The fourth-order valence-electron chi connectivity index (χ4n) is 6.06. The summed E-state index contributed by atoms with van der Waals surface area (Å²) in [6, 6.07) is 12.1. The Labute approximate surface area is 170 Å². The minimum Gasteiger partial charge on any atom is -0.304 e. The molecule has 2 atom stereocenters. The van der Waals surface area contributed by atoms with Gasteiger partial charge in [0.25, 0.3) is 0 Å². The number of rotatable bonds is 0. The van der Waals surface area contributed by atoms with Crippen molar-refractivity contribution < 1.29 is 20.1 Å². The molecule has 4 aliphatic rings. The van der Waals surface area contributed by atoms with Gasteiger partial charge in [0.2, 0.25) is 0 Å². The quantitative estimate of drug-likeness (QED) is 0.228. The molecule has 4 bridgehead atoms. The van der Waals surface area contributed by atoms with Gasteiger partial charge in [-0.3, -0.25) is 0 Å². The van der Waals surface area contributed by atoms with E-state index in [2.05, 4.69) is 46.4 Å². The largest absolute Gasteiger partial charge is 0.304 e. The number of halogens is 1. The van der Waals surface area contributed by atoms with E-state index >= 15 is 0 Å². The molecule has 1 radical (unpaired) electrons. The SMILES string of the molecule is Brc1cc[c-]c2c1ccc1c3c(cnc12)C1CC2CC(C1)CC3C2.[Ir]. The van der Waals surface area contributed by atoms with Crippen LogP contribution in [0.2, 0.25) is 0 Å². The predicted octanol–water partition coefficient (Wildman–Crippen LogP) is 6.34. The molecule has 129 valence electrons. The van der Waals surface area contributed by atoms with Gasteiger partial charge in [0.05, 0.1) is 0 Å². The number of nitrogens with zero attached hydrogens (tertiary/aromatic N) is 1. The zero-order chi connectivity index (χ0) is 15.8. The zero-order valence-corrected chi connectivity index (χ0v) is 17.9. The Morgan fingerprint density at radius 1 is 0.920 bits per heavy atom. The van der Waals surface area contributed by atoms with E-state index in [0.717, 1.165) is 39.0 Å². The first-order chi connectivity index (χ1) is 11.8. The summed E-state index contributed by atoms with van der Waals surface area (Å²) >= 11 is 3.68. The van der Waals surface area contributed by atoms with Crippen molar-refractivity contribution in [3.05, 3.63) is 52.1 Å². The first kappa shape index (κ1) is 16.4. The van der Waals surface area contributed by atoms with Crippen molar-refractivity contribution in [2.24, 2.45) is 11.8 Å². The maximum atomic E-state index is 4.95. The molecule has 4 aliphatic carbocycles. The van der Waals surface area contributed by atoms with E-state index in [1.54, 1.807) is 11.1 Å². The van der Waals surface area contributed by atoms with Crippen molar-refractivity contribution in [3.63, 3.8) is 0 Å². The van der Waals surface area contributed by atoms with Crippen LogP contribution in [-0.2, 0) is 20.1 Å². The van der Waals surface area contributed by atoms with E-state index in [0.29, 0.717) is 0 Å². The average Bonchev–Trinajstić information content (AvgIpc) is 2.76. The summed E-state index contributed by atoms with van der Waals surface area (Å²) in [6.45, 7) is 0. The van der Waals surface area contributed by atoms with Crippen molar-refractivity contribution in [2.45, 2.75) is 43.9 Å². The van der Waals surface area contributed by atoms with E-state index in [9.17, 15) is 0 Å². The van der Waals surface area contributed by atoms with Gasteiger partial charge in [-0.2, -0.15) is 0 Å². The summed E-state index contributed by atoms with van der Waals surface area (Å²) in [7, 11) is 0. The number of aromatic nitrogens is 1. The summed E-state index contributed by atoms with van der Waals surface area (Å²) in [5.74, 6) is 3.42. The first-order valence-corrected chi connectivity index (χ1v) is 9.98. The molecular formula is C22H19BrIrN-. The van der Waals surface area contributed by atoms with Crippen LogP contribution in [0.25, 0.3) is 21.7 Å². The topological polar surface area (TPSA) is 12.9 Å². The fraction of sp³-hybridized carbons (Fsp3) is 0.409. The van der Waals surface area contributed by atoms with E-state index in [1.165, 1.54) is 42.9 Å². The molecule has 0 saturated heterocycles. The van der Waals surface area contributed by atoms with E-state index in [4.69, 9.17) is 4.98 Å². The van der Waals surface area contributed by atoms with Crippen molar-refractivity contribution in [1.29, 1.82) is 0 Å². The second-order valence-corrected chi connectivity index (χ2v) is 9.00. The van der Waals surface area contributed by atoms with Crippen LogP contribution in [0.1, 0.15) is 55.1 Å². The molecule has 1 aromatic heterocycles. The Morgan fingerprint density at radius 2 is 1.64 bits per heavy atom. The normalized spacial score (nSPS) is 29.5. The molecule has 2 saturated carbocycles. The predicted molar refractivity (Wildman–Crippen MR) is 101 cm³/mol. The molecule has 25 heavy (non-hydrogen) atoms. The third kappa shape index (κ3) is 2.32. The second-order valence-electron chi connectivity index (χ2n) is 8.14. The van der Waals surface area contributed by atoms with Crippen LogP contribution in [0.5, 0.6) is 0 Å². The van der Waals surface area contributed by atoms with Crippen LogP contribution < -0.4 is 0 Å².